The first-order valence-corrected chi connectivity index (χ1v) is 6.46. The van der Waals surface area contributed by atoms with Gasteiger partial charge in [0.05, 0.1) is 19.8 Å². The molecular weight excluding hydrogens is 262 g/mol. The Balaban J connectivity index is 2.73. The van der Waals surface area contributed by atoms with Gasteiger partial charge in [0.1, 0.15) is 5.75 Å². The number of rotatable bonds is 9. The average molecular weight is 283 g/mol. The number of hydrogen-bond acceptors (Lipinski definition) is 5. The van der Waals surface area contributed by atoms with Crippen LogP contribution in [0, 0.1) is 0 Å². The summed E-state index contributed by atoms with van der Waals surface area (Å²) in [5.74, 6) is -0.228. The van der Waals surface area contributed by atoms with E-state index in [2.05, 4.69) is 5.32 Å². The summed E-state index contributed by atoms with van der Waals surface area (Å²) >= 11 is 0. The molecule has 2 atom stereocenters. The lowest BCUT2D eigenvalue weighted by Crippen LogP contribution is -2.37. The molecule has 0 aliphatic rings. The summed E-state index contributed by atoms with van der Waals surface area (Å²) in [7, 11) is 1.56. The van der Waals surface area contributed by atoms with Crippen LogP contribution < -0.4 is 10.1 Å². The van der Waals surface area contributed by atoms with Crippen LogP contribution in [0.1, 0.15) is 24.5 Å². The van der Waals surface area contributed by atoms with Crippen LogP contribution in [0.5, 0.6) is 5.75 Å². The van der Waals surface area contributed by atoms with Gasteiger partial charge in [-0.15, -0.1) is 0 Å². The van der Waals surface area contributed by atoms with E-state index < -0.39 is 18.1 Å². The zero-order valence-corrected chi connectivity index (χ0v) is 11.5. The lowest BCUT2D eigenvalue weighted by molar-refractivity contribution is -0.137. The highest BCUT2D eigenvalue weighted by molar-refractivity contribution is 5.66. The summed E-state index contributed by atoms with van der Waals surface area (Å²) in [6, 6.07) is 6.51. The maximum Gasteiger partial charge on any atom is 0.303 e. The Labute approximate surface area is 118 Å². The topological polar surface area (TPSA) is 99.0 Å². The molecule has 0 saturated carbocycles. The molecule has 0 radical (unpaired) electrons. The molecule has 0 bridgehead atoms. The summed E-state index contributed by atoms with van der Waals surface area (Å²) in [6.07, 6.45) is -0.606. The van der Waals surface area contributed by atoms with E-state index in [-0.39, 0.29) is 19.4 Å². The van der Waals surface area contributed by atoms with Crippen LogP contribution in [0.2, 0.25) is 0 Å². The van der Waals surface area contributed by atoms with E-state index in [0.717, 1.165) is 0 Å². The Morgan fingerprint density at radius 3 is 2.50 bits per heavy atom. The molecule has 0 saturated heterocycles. The third-order valence-electron chi connectivity index (χ3n) is 3.03. The molecule has 0 aliphatic carbocycles. The normalized spacial score (nSPS) is 13.8. The van der Waals surface area contributed by atoms with Crippen molar-refractivity contribution in [2.45, 2.75) is 25.0 Å². The number of ether oxygens (including phenoxy) is 1. The second-order valence-corrected chi connectivity index (χ2v) is 4.43. The van der Waals surface area contributed by atoms with Crippen LogP contribution in [-0.4, -0.2) is 47.6 Å². The van der Waals surface area contributed by atoms with Gasteiger partial charge in [-0.1, -0.05) is 12.1 Å². The van der Waals surface area contributed by atoms with Crippen molar-refractivity contribution in [2.75, 3.05) is 20.3 Å². The number of benzene rings is 1. The largest absolute Gasteiger partial charge is 0.497 e. The lowest BCUT2D eigenvalue weighted by atomic mass is 9.98. The van der Waals surface area contributed by atoms with Gasteiger partial charge in [-0.2, -0.15) is 0 Å². The minimum absolute atomic E-state index is 0.0453. The van der Waals surface area contributed by atoms with Crippen molar-refractivity contribution in [2.24, 2.45) is 0 Å². The zero-order chi connectivity index (χ0) is 15.0. The van der Waals surface area contributed by atoms with Crippen molar-refractivity contribution in [1.29, 1.82) is 0 Å². The van der Waals surface area contributed by atoms with Gasteiger partial charge in [0.15, 0.2) is 0 Å². The van der Waals surface area contributed by atoms with Crippen LogP contribution in [0.4, 0.5) is 0 Å². The van der Waals surface area contributed by atoms with Crippen molar-refractivity contribution in [3.63, 3.8) is 0 Å². The molecule has 0 fully saturated rings. The van der Waals surface area contributed by atoms with Crippen LogP contribution in [0.3, 0.4) is 0 Å². The molecule has 0 amide bonds. The summed E-state index contributed by atoms with van der Waals surface area (Å²) < 4.78 is 5.05. The predicted molar refractivity (Wildman–Crippen MR) is 73.7 cm³/mol. The first-order valence-electron chi connectivity index (χ1n) is 6.46. The highest BCUT2D eigenvalue weighted by atomic mass is 16.5. The first kappa shape index (κ1) is 16.4. The van der Waals surface area contributed by atoms with Crippen molar-refractivity contribution in [1.82, 2.24) is 5.32 Å². The molecule has 2 unspecified atom stereocenters. The Kier molecular flexibility index (Phi) is 7.00. The molecule has 6 nitrogen and oxygen atoms in total. The van der Waals surface area contributed by atoms with Crippen molar-refractivity contribution in [3.05, 3.63) is 29.8 Å². The minimum atomic E-state index is -0.914. The maximum atomic E-state index is 10.6. The number of aliphatic hydroxyl groups excluding tert-OH is 2. The number of carbonyl (C=O) groups is 1. The number of carboxylic acid groups (broad SMARTS) is 1. The van der Waals surface area contributed by atoms with Gasteiger partial charge in [0.2, 0.25) is 0 Å². The summed E-state index contributed by atoms with van der Waals surface area (Å²) in [5.41, 5.74) is 0.673. The highest BCUT2D eigenvalue weighted by Gasteiger charge is 2.21. The third-order valence-corrected chi connectivity index (χ3v) is 3.03. The Morgan fingerprint density at radius 1 is 1.35 bits per heavy atom. The van der Waals surface area contributed by atoms with Gasteiger partial charge < -0.3 is 25.4 Å². The number of aliphatic hydroxyl groups is 2. The van der Waals surface area contributed by atoms with Crippen molar-refractivity contribution < 1.29 is 24.9 Å². The zero-order valence-electron chi connectivity index (χ0n) is 11.5. The summed E-state index contributed by atoms with van der Waals surface area (Å²) in [5, 5.41) is 30.8. The molecule has 4 N–H and O–H groups in total. The highest BCUT2D eigenvalue weighted by Crippen LogP contribution is 2.22. The van der Waals surface area contributed by atoms with Crippen LogP contribution in [-0.2, 0) is 4.79 Å². The number of methoxy groups -OCH3 is 1. The van der Waals surface area contributed by atoms with Gasteiger partial charge in [-0.3, -0.25) is 4.79 Å². The molecule has 112 valence electrons. The summed E-state index contributed by atoms with van der Waals surface area (Å²) in [6.45, 7) is 0.233. The predicted octanol–water partition coefficient (Wildman–Crippen LogP) is 0.544. The van der Waals surface area contributed by atoms with Crippen LogP contribution in [0.25, 0.3) is 0 Å². The molecule has 6 heteroatoms. The quantitative estimate of drug-likeness (QED) is 0.528. The van der Waals surface area contributed by atoms with Gasteiger partial charge in [0, 0.05) is 19.0 Å². The van der Waals surface area contributed by atoms with Gasteiger partial charge in [0.25, 0.3) is 0 Å². The smallest absolute Gasteiger partial charge is 0.303 e. The van der Waals surface area contributed by atoms with Crippen molar-refractivity contribution in [3.8, 4) is 5.75 Å². The SMILES string of the molecule is COc1ccc(C(O)C(CCC(=O)O)NCCO)cc1. The standard InChI is InChI=1S/C14H21NO5/c1-20-11-4-2-10(3-5-11)14(19)12(15-8-9-16)6-7-13(17)18/h2-5,12,14-16,19H,6-9H2,1H3,(H,17,18). The van der Waals surface area contributed by atoms with E-state index in [9.17, 15) is 9.90 Å². The van der Waals surface area contributed by atoms with E-state index in [4.69, 9.17) is 14.9 Å². The molecule has 0 spiro atoms. The fourth-order valence-electron chi connectivity index (χ4n) is 1.93. The lowest BCUT2D eigenvalue weighted by Gasteiger charge is -2.24. The van der Waals surface area contributed by atoms with Crippen LogP contribution in [0.15, 0.2) is 24.3 Å². The molecule has 1 aromatic rings. The van der Waals surface area contributed by atoms with Crippen molar-refractivity contribution >= 4 is 5.97 Å². The van der Waals surface area contributed by atoms with Gasteiger partial charge >= 0.3 is 5.97 Å². The average Bonchev–Trinajstić information content (AvgIpc) is 2.46. The monoisotopic (exact) mass is 283 g/mol. The second-order valence-electron chi connectivity index (χ2n) is 4.43. The Morgan fingerprint density at radius 2 is 2.00 bits per heavy atom. The van der Waals surface area contributed by atoms with Gasteiger partial charge in [-0.05, 0) is 24.1 Å². The number of carboxylic acids is 1. The molecule has 0 aromatic heterocycles. The van der Waals surface area contributed by atoms with E-state index in [0.29, 0.717) is 17.9 Å². The maximum absolute atomic E-state index is 10.6. The number of nitrogens with one attached hydrogen (secondary N) is 1. The Bertz CT molecular complexity index is 407. The van der Waals surface area contributed by atoms with E-state index in [1.807, 2.05) is 0 Å². The molecule has 0 aliphatic heterocycles. The molecule has 0 heterocycles. The first-order chi connectivity index (χ1) is 9.58. The third kappa shape index (κ3) is 5.16. The fourth-order valence-corrected chi connectivity index (χ4v) is 1.93. The van der Waals surface area contributed by atoms with E-state index in [1.54, 1.807) is 31.4 Å². The van der Waals surface area contributed by atoms with E-state index >= 15 is 0 Å². The van der Waals surface area contributed by atoms with Crippen LogP contribution >= 0.6 is 0 Å². The molecule has 1 rings (SSSR count). The van der Waals surface area contributed by atoms with E-state index in [1.165, 1.54) is 0 Å². The molecule has 1 aromatic carbocycles. The minimum Gasteiger partial charge on any atom is -0.497 e. The molecular formula is C14H21NO5. The molecule has 20 heavy (non-hydrogen) atoms. The number of aliphatic carboxylic acids is 1. The second kappa shape index (κ2) is 8.52. The number of hydrogen-bond donors (Lipinski definition) is 4. The summed E-state index contributed by atoms with van der Waals surface area (Å²) in [4.78, 5) is 10.6. The van der Waals surface area contributed by atoms with Gasteiger partial charge in [-0.25, -0.2) is 0 Å². The Hall–Kier alpha value is -1.63. The fraction of sp³-hybridized carbons (Fsp3) is 0.500.